The summed E-state index contributed by atoms with van der Waals surface area (Å²) in [6, 6.07) is 21.4. The van der Waals surface area contributed by atoms with E-state index in [1.54, 1.807) is 4.31 Å². The molecule has 0 aromatic heterocycles. The van der Waals surface area contributed by atoms with Crippen molar-refractivity contribution in [3.05, 3.63) is 77.9 Å². The van der Waals surface area contributed by atoms with Crippen LogP contribution in [0.25, 0.3) is 11.1 Å². The molecule has 1 saturated heterocycles. The first-order valence-corrected chi connectivity index (χ1v) is 13.2. The molecule has 3 aromatic carbocycles. The molecule has 1 saturated carbocycles. The molecule has 9 heteroatoms. The summed E-state index contributed by atoms with van der Waals surface area (Å²) in [5.41, 5.74) is 3.52. The summed E-state index contributed by atoms with van der Waals surface area (Å²) >= 11 is 0. The second-order valence-electron chi connectivity index (χ2n) is 9.44. The van der Waals surface area contributed by atoms with Crippen LogP contribution in [0, 0.1) is 0 Å². The molecular formula is C28H30N2O6S. The van der Waals surface area contributed by atoms with Gasteiger partial charge >= 0.3 is 0 Å². The standard InChI is InChI=1S/C28H26N2O5S.H2O.H2/c31-26(28(10-11-28)22-6-9-24-25(16-22)35-18-34-24)15-19-2-1-3-21(14-19)20-4-7-23(8-5-20)36(33)30-13-12-29-27(32)17-30;;/h1-9,14,16H,10-13,15,17-18H2,(H,29,32);1H2;1H. The van der Waals surface area contributed by atoms with E-state index >= 15 is 0 Å². The summed E-state index contributed by atoms with van der Waals surface area (Å²) in [5, 5.41) is 2.75. The first-order valence-electron chi connectivity index (χ1n) is 12.1. The molecule has 0 bridgehead atoms. The van der Waals surface area contributed by atoms with Crippen LogP contribution in [0.1, 0.15) is 25.4 Å². The van der Waals surface area contributed by atoms with Gasteiger partial charge in [0.25, 0.3) is 0 Å². The van der Waals surface area contributed by atoms with Crippen molar-refractivity contribution in [2.24, 2.45) is 0 Å². The van der Waals surface area contributed by atoms with Crippen molar-refractivity contribution in [2.75, 3.05) is 26.4 Å². The Balaban J connectivity index is 0.00000168. The monoisotopic (exact) mass is 522 g/mol. The van der Waals surface area contributed by atoms with Crippen LogP contribution in [0.3, 0.4) is 0 Å². The highest BCUT2D eigenvalue weighted by atomic mass is 32.2. The van der Waals surface area contributed by atoms with Gasteiger partial charge in [-0.25, -0.2) is 8.51 Å². The zero-order chi connectivity index (χ0) is 24.7. The average molecular weight is 523 g/mol. The second kappa shape index (κ2) is 10.1. The van der Waals surface area contributed by atoms with Crippen molar-refractivity contribution in [3.63, 3.8) is 0 Å². The molecule has 8 nitrogen and oxygen atoms in total. The third-order valence-electron chi connectivity index (χ3n) is 7.13. The number of Topliss-reactive ketones (excluding diaryl/α,β-unsaturated/α-hetero) is 1. The smallest absolute Gasteiger partial charge is 0.235 e. The van der Waals surface area contributed by atoms with E-state index in [-0.39, 0.29) is 31.9 Å². The van der Waals surface area contributed by atoms with Gasteiger partial charge in [0.15, 0.2) is 11.5 Å². The molecule has 194 valence electrons. The first-order chi connectivity index (χ1) is 17.5. The number of piperazine rings is 1. The van der Waals surface area contributed by atoms with E-state index in [2.05, 4.69) is 11.4 Å². The molecule has 37 heavy (non-hydrogen) atoms. The van der Waals surface area contributed by atoms with E-state index in [0.29, 0.717) is 30.2 Å². The Hall–Kier alpha value is -3.53. The van der Waals surface area contributed by atoms with E-state index in [9.17, 15) is 13.8 Å². The molecule has 1 aliphatic carbocycles. The van der Waals surface area contributed by atoms with Gasteiger partial charge in [-0.3, -0.25) is 9.59 Å². The number of hydrogen-bond acceptors (Lipinski definition) is 5. The largest absolute Gasteiger partial charge is 0.454 e. The molecule has 0 spiro atoms. The minimum absolute atomic E-state index is 0. The van der Waals surface area contributed by atoms with Crippen LogP contribution in [0.2, 0.25) is 0 Å². The number of nitrogens with zero attached hydrogens (tertiary/aromatic N) is 1. The molecule has 3 aliphatic rings. The molecule has 1 amide bonds. The number of rotatable bonds is 7. The lowest BCUT2D eigenvalue weighted by Crippen LogP contribution is -2.48. The molecule has 0 radical (unpaired) electrons. The van der Waals surface area contributed by atoms with Crippen molar-refractivity contribution in [1.82, 2.24) is 9.62 Å². The summed E-state index contributed by atoms with van der Waals surface area (Å²) in [6.07, 6.45) is 2.06. The number of nitrogens with one attached hydrogen (secondary N) is 1. The quantitative estimate of drug-likeness (QED) is 0.512. The Morgan fingerprint density at radius 1 is 1.00 bits per heavy atom. The molecule has 3 aromatic rings. The van der Waals surface area contributed by atoms with Gasteiger partial charge in [0.2, 0.25) is 12.7 Å². The number of amides is 1. The van der Waals surface area contributed by atoms with Gasteiger partial charge in [0.05, 0.1) is 16.9 Å². The lowest BCUT2D eigenvalue weighted by atomic mass is 9.87. The fourth-order valence-corrected chi connectivity index (χ4v) is 6.09. The van der Waals surface area contributed by atoms with E-state index in [1.165, 1.54) is 0 Å². The zero-order valence-corrected chi connectivity index (χ0v) is 21.0. The van der Waals surface area contributed by atoms with Gasteiger partial charge in [-0.2, -0.15) is 0 Å². The number of fused-ring (bicyclic) bond motifs is 1. The van der Waals surface area contributed by atoms with E-state index in [0.717, 1.165) is 40.8 Å². The lowest BCUT2D eigenvalue weighted by Gasteiger charge is -2.25. The minimum Gasteiger partial charge on any atom is -0.454 e. The predicted octanol–water partition coefficient (Wildman–Crippen LogP) is 2.80. The highest BCUT2D eigenvalue weighted by molar-refractivity contribution is 7.82. The van der Waals surface area contributed by atoms with E-state index in [4.69, 9.17) is 9.47 Å². The number of carbonyl (C=O) groups is 2. The summed E-state index contributed by atoms with van der Waals surface area (Å²) in [5.74, 6) is 1.55. The van der Waals surface area contributed by atoms with Crippen molar-refractivity contribution in [3.8, 4) is 22.6 Å². The third-order valence-corrected chi connectivity index (χ3v) is 8.58. The van der Waals surface area contributed by atoms with Crippen LogP contribution in [0.4, 0.5) is 0 Å². The Morgan fingerprint density at radius 2 is 1.78 bits per heavy atom. The van der Waals surface area contributed by atoms with Gasteiger partial charge < -0.3 is 20.3 Å². The van der Waals surface area contributed by atoms with Crippen LogP contribution in [-0.4, -0.2) is 52.1 Å². The summed E-state index contributed by atoms with van der Waals surface area (Å²) in [6.45, 7) is 1.42. The molecule has 2 aliphatic heterocycles. The number of ether oxygens (including phenoxy) is 2. The maximum absolute atomic E-state index is 13.4. The van der Waals surface area contributed by atoms with Crippen LogP contribution in [0.15, 0.2) is 71.6 Å². The van der Waals surface area contributed by atoms with Gasteiger partial charge in [-0.05, 0) is 59.4 Å². The Kier molecular flexibility index (Phi) is 6.85. The molecule has 3 N–H and O–H groups in total. The third kappa shape index (κ3) is 4.90. The van der Waals surface area contributed by atoms with Gasteiger partial charge in [0.1, 0.15) is 16.8 Å². The second-order valence-corrected chi connectivity index (χ2v) is 10.9. The topological polar surface area (TPSA) is 116 Å². The van der Waals surface area contributed by atoms with Crippen molar-refractivity contribution in [1.29, 1.82) is 0 Å². The summed E-state index contributed by atoms with van der Waals surface area (Å²) in [7, 11) is -1.38. The number of hydrogen-bond donors (Lipinski definition) is 1. The molecule has 1 atom stereocenters. The van der Waals surface area contributed by atoms with Crippen LogP contribution in [-0.2, 0) is 32.4 Å². The number of carbonyl (C=O) groups excluding carboxylic acids is 2. The van der Waals surface area contributed by atoms with Gasteiger partial charge in [0, 0.05) is 20.9 Å². The highest BCUT2D eigenvalue weighted by Gasteiger charge is 2.50. The Labute approximate surface area is 219 Å². The van der Waals surface area contributed by atoms with E-state index in [1.807, 2.05) is 60.7 Å². The van der Waals surface area contributed by atoms with Gasteiger partial charge in [-0.1, -0.05) is 42.5 Å². The van der Waals surface area contributed by atoms with Crippen molar-refractivity contribution < 1.29 is 30.2 Å². The van der Waals surface area contributed by atoms with Crippen molar-refractivity contribution >= 4 is 22.7 Å². The Morgan fingerprint density at radius 3 is 2.54 bits per heavy atom. The van der Waals surface area contributed by atoms with Gasteiger partial charge in [-0.15, -0.1) is 0 Å². The minimum atomic E-state index is -1.38. The Bertz CT molecular complexity index is 1380. The normalized spacial score (nSPS) is 18.4. The zero-order valence-electron chi connectivity index (χ0n) is 20.2. The predicted molar refractivity (Wildman–Crippen MR) is 141 cm³/mol. The SMILES string of the molecule is O.O=C1CN(S(=O)c2ccc(-c3cccc(CC(=O)C4(c5ccc6c(c5)OCO6)CC4)c3)cc2)CCN1.[HH]. The van der Waals surface area contributed by atoms with Crippen LogP contribution < -0.4 is 14.8 Å². The lowest BCUT2D eigenvalue weighted by molar-refractivity contribution is -0.122. The maximum Gasteiger partial charge on any atom is 0.235 e. The molecule has 2 fully saturated rings. The average Bonchev–Trinajstić information content (AvgIpc) is 3.59. The van der Waals surface area contributed by atoms with E-state index < -0.39 is 16.4 Å². The van der Waals surface area contributed by atoms with Crippen molar-refractivity contribution in [2.45, 2.75) is 29.6 Å². The fourth-order valence-electron chi connectivity index (χ4n) is 4.93. The molecule has 2 heterocycles. The summed E-state index contributed by atoms with van der Waals surface area (Å²) in [4.78, 5) is 25.7. The van der Waals surface area contributed by atoms with Crippen LogP contribution in [0.5, 0.6) is 11.5 Å². The number of benzene rings is 3. The van der Waals surface area contributed by atoms with Crippen LogP contribution >= 0.6 is 0 Å². The first kappa shape index (κ1) is 25.1. The molecule has 6 rings (SSSR count). The molecular weight excluding hydrogens is 492 g/mol. The fraction of sp³-hybridized carbons (Fsp3) is 0.286. The molecule has 1 unspecified atom stereocenters. The highest BCUT2D eigenvalue weighted by Crippen LogP contribution is 2.51. The summed E-state index contributed by atoms with van der Waals surface area (Å²) < 4.78 is 25.5. The number of ketones is 1. The maximum atomic E-state index is 13.4.